The van der Waals surface area contributed by atoms with Crippen molar-refractivity contribution in [1.29, 1.82) is 0 Å². The zero-order chi connectivity index (χ0) is 25.8. The molecule has 2 saturated heterocycles. The van der Waals surface area contributed by atoms with Crippen LogP contribution in [-0.2, 0) is 35.1 Å². The van der Waals surface area contributed by atoms with Crippen LogP contribution in [0.1, 0.15) is 83.6 Å². The van der Waals surface area contributed by atoms with Crippen LogP contribution < -0.4 is 0 Å². The summed E-state index contributed by atoms with van der Waals surface area (Å²) in [5.41, 5.74) is 1.06. The minimum Gasteiger partial charge on any atom is -0.459 e. The number of allylic oxidation sites excluding steroid dienone is 2. The van der Waals surface area contributed by atoms with Crippen LogP contribution in [0.25, 0.3) is 0 Å². The number of benzene rings is 1. The molecular weight excluding hydrogens is 456 g/mol. The zero-order valence-electron chi connectivity index (χ0n) is 22.1. The summed E-state index contributed by atoms with van der Waals surface area (Å²) in [4.78, 5) is 12.8. The van der Waals surface area contributed by atoms with Gasteiger partial charge in [0.25, 0.3) is 0 Å². The van der Waals surface area contributed by atoms with Crippen LogP contribution in [0.15, 0.2) is 55.6 Å². The maximum atomic E-state index is 12.8. The van der Waals surface area contributed by atoms with Gasteiger partial charge in [0, 0.05) is 6.42 Å². The van der Waals surface area contributed by atoms with Gasteiger partial charge in [0.05, 0.1) is 6.61 Å². The smallest absolute Gasteiger partial charge is 0.306 e. The molecule has 0 amide bonds. The lowest BCUT2D eigenvalue weighted by atomic mass is 10.0. The van der Waals surface area contributed by atoms with Crippen molar-refractivity contribution in [3.05, 3.63) is 61.2 Å². The van der Waals surface area contributed by atoms with Crippen molar-refractivity contribution in [2.75, 3.05) is 0 Å². The van der Waals surface area contributed by atoms with E-state index in [0.29, 0.717) is 25.9 Å². The molecule has 6 nitrogen and oxygen atoms in total. The minimum absolute atomic E-state index is 0.194. The molecule has 0 bridgehead atoms. The predicted molar refractivity (Wildman–Crippen MR) is 140 cm³/mol. The molecule has 6 heteroatoms. The summed E-state index contributed by atoms with van der Waals surface area (Å²) < 4.78 is 30.7. The number of carbonyl (C=O) groups is 1. The van der Waals surface area contributed by atoms with Gasteiger partial charge >= 0.3 is 5.97 Å². The average molecular weight is 501 g/mol. The Morgan fingerprint density at radius 1 is 1.00 bits per heavy atom. The second kappa shape index (κ2) is 14.7. The fraction of sp³-hybridized carbons (Fsp3) is 0.633. The van der Waals surface area contributed by atoms with Gasteiger partial charge in [-0.1, -0.05) is 68.2 Å². The molecule has 5 atom stereocenters. The van der Waals surface area contributed by atoms with E-state index in [-0.39, 0.29) is 12.1 Å². The van der Waals surface area contributed by atoms with Crippen molar-refractivity contribution in [3.63, 3.8) is 0 Å². The summed E-state index contributed by atoms with van der Waals surface area (Å²) >= 11 is 0. The van der Waals surface area contributed by atoms with Gasteiger partial charge in [-0.25, -0.2) is 0 Å². The van der Waals surface area contributed by atoms with E-state index in [1.165, 1.54) is 19.3 Å². The van der Waals surface area contributed by atoms with Gasteiger partial charge in [-0.05, 0) is 51.5 Å². The van der Waals surface area contributed by atoms with Gasteiger partial charge in [-0.3, -0.25) is 4.79 Å². The van der Waals surface area contributed by atoms with E-state index >= 15 is 0 Å². The van der Waals surface area contributed by atoms with Gasteiger partial charge in [0.15, 0.2) is 12.1 Å². The summed E-state index contributed by atoms with van der Waals surface area (Å²) in [6, 6.07) is 9.99. The lowest BCUT2D eigenvalue weighted by Crippen LogP contribution is -2.44. The third-order valence-corrected chi connectivity index (χ3v) is 6.66. The van der Waals surface area contributed by atoms with E-state index in [4.69, 9.17) is 23.7 Å². The standard InChI is InChI=1S/C30H44O6/c1-5-7-9-10-11-12-13-17-21-25(31)33-24(20-8-6-2)26-27(32-22-23-18-15-14-16-19-23)28-29(34-26)36-30(3,4)35-28/h5-6,14-16,18-19,24,26-29H,1-2,7-13,17,20-22H2,3-4H3/t24-,26+,27-,28+,29+/m0/s1. The fourth-order valence-electron chi connectivity index (χ4n) is 4.83. The molecular formula is C30H44O6. The molecule has 0 N–H and O–H groups in total. The molecule has 1 aromatic rings. The minimum atomic E-state index is -0.756. The highest BCUT2D eigenvalue weighted by molar-refractivity contribution is 5.69. The first-order chi connectivity index (χ1) is 17.4. The van der Waals surface area contributed by atoms with E-state index < -0.39 is 30.4 Å². The third kappa shape index (κ3) is 8.84. The molecule has 0 spiro atoms. The van der Waals surface area contributed by atoms with Crippen molar-refractivity contribution in [2.45, 2.75) is 121 Å². The quantitative estimate of drug-likeness (QED) is 0.136. The number of hydrogen-bond acceptors (Lipinski definition) is 6. The fourth-order valence-corrected chi connectivity index (χ4v) is 4.83. The van der Waals surface area contributed by atoms with Gasteiger partial charge in [0.1, 0.15) is 24.4 Å². The number of carbonyl (C=O) groups excluding carboxylic acids is 1. The van der Waals surface area contributed by atoms with Crippen LogP contribution in [0.2, 0.25) is 0 Å². The van der Waals surface area contributed by atoms with Gasteiger partial charge in [-0.15, -0.1) is 13.2 Å². The number of ether oxygens (including phenoxy) is 5. The number of hydrogen-bond donors (Lipinski definition) is 0. The molecule has 2 fully saturated rings. The van der Waals surface area contributed by atoms with Crippen LogP contribution in [0.5, 0.6) is 0 Å². The molecule has 0 radical (unpaired) electrons. The molecule has 2 heterocycles. The Kier molecular flexibility index (Phi) is 11.6. The first-order valence-electron chi connectivity index (χ1n) is 13.5. The average Bonchev–Trinajstić information content (AvgIpc) is 3.34. The van der Waals surface area contributed by atoms with Crippen LogP contribution >= 0.6 is 0 Å². The highest BCUT2D eigenvalue weighted by Crippen LogP contribution is 2.41. The second-order valence-electron chi connectivity index (χ2n) is 10.2. The van der Waals surface area contributed by atoms with E-state index in [1.807, 2.05) is 56.3 Å². The molecule has 0 aliphatic carbocycles. The Hall–Kier alpha value is -1.99. The number of esters is 1. The summed E-state index contributed by atoms with van der Waals surface area (Å²) in [6.45, 7) is 11.7. The molecule has 200 valence electrons. The summed E-state index contributed by atoms with van der Waals surface area (Å²) in [6.07, 6.45) is 10.9. The molecule has 2 aliphatic heterocycles. The second-order valence-corrected chi connectivity index (χ2v) is 10.2. The zero-order valence-corrected chi connectivity index (χ0v) is 22.1. The number of rotatable bonds is 17. The summed E-state index contributed by atoms with van der Waals surface area (Å²) in [5.74, 6) is -0.950. The Balaban J connectivity index is 1.57. The lowest BCUT2D eigenvalue weighted by Gasteiger charge is -2.31. The predicted octanol–water partition coefficient (Wildman–Crippen LogP) is 6.63. The number of fused-ring (bicyclic) bond motifs is 1. The van der Waals surface area contributed by atoms with E-state index in [2.05, 4.69) is 13.2 Å². The highest BCUT2D eigenvalue weighted by atomic mass is 16.8. The highest BCUT2D eigenvalue weighted by Gasteiger charge is 2.57. The van der Waals surface area contributed by atoms with Crippen molar-refractivity contribution in [1.82, 2.24) is 0 Å². The van der Waals surface area contributed by atoms with Gasteiger partial charge in [0.2, 0.25) is 0 Å². The monoisotopic (exact) mass is 500 g/mol. The molecule has 0 saturated carbocycles. The van der Waals surface area contributed by atoms with Crippen molar-refractivity contribution >= 4 is 5.97 Å². The first-order valence-corrected chi connectivity index (χ1v) is 13.5. The lowest BCUT2D eigenvalue weighted by molar-refractivity contribution is -0.233. The van der Waals surface area contributed by atoms with Crippen molar-refractivity contribution < 1.29 is 28.5 Å². The Labute approximate surface area is 217 Å². The van der Waals surface area contributed by atoms with Gasteiger partial charge in [-0.2, -0.15) is 0 Å². The Morgan fingerprint density at radius 2 is 1.69 bits per heavy atom. The maximum absolute atomic E-state index is 12.8. The Morgan fingerprint density at radius 3 is 2.42 bits per heavy atom. The van der Waals surface area contributed by atoms with Crippen LogP contribution in [0.4, 0.5) is 0 Å². The van der Waals surface area contributed by atoms with Crippen molar-refractivity contribution in [3.8, 4) is 0 Å². The summed E-state index contributed by atoms with van der Waals surface area (Å²) in [7, 11) is 0. The molecule has 0 aromatic heterocycles. The summed E-state index contributed by atoms with van der Waals surface area (Å²) in [5, 5.41) is 0. The van der Waals surface area contributed by atoms with Crippen LogP contribution in [0.3, 0.4) is 0 Å². The van der Waals surface area contributed by atoms with Crippen molar-refractivity contribution in [2.24, 2.45) is 0 Å². The molecule has 1 aromatic carbocycles. The molecule has 2 aliphatic rings. The van der Waals surface area contributed by atoms with Gasteiger partial charge < -0.3 is 23.7 Å². The Bertz CT molecular complexity index is 807. The SMILES string of the molecule is C=CCCCCCCCCC(=O)O[C@@H](CCC=C)[C@H]1O[C@@H]2OC(C)(C)O[C@@H]2[C@H]1OCc1ccccc1. The third-order valence-electron chi connectivity index (χ3n) is 6.66. The van der Waals surface area contributed by atoms with Crippen LogP contribution in [0, 0.1) is 0 Å². The molecule has 0 unspecified atom stereocenters. The van der Waals surface area contributed by atoms with E-state index in [9.17, 15) is 4.79 Å². The number of unbranched alkanes of at least 4 members (excludes halogenated alkanes) is 6. The maximum Gasteiger partial charge on any atom is 0.306 e. The normalized spacial score (nSPS) is 25.3. The molecule has 36 heavy (non-hydrogen) atoms. The largest absolute Gasteiger partial charge is 0.459 e. The topological polar surface area (TPSA) is 63.2 Å². The van der Waals surface area contributed by atoms with E-state index in [0.717, 1.165) is 31.2 Å². The van der Waals surface area contributed by atoms with E-state index in [1.54, 1.807) is 0 Å². The molecule has 3 rings (SSSR count). The van der Waals surface area contributed by atoms with Crippen LogP contribution in [-0.4, -0.2) is 42.5 Å². The first kappa shape index (κ1) is 28.6.